The molecule has 0 N–H and O–H groups in total. The van der Waals surface area contributed by atoms with Gasteiger partial charge in [-0.1, -0.05) is 13.3 Å². The van der Waals surface area contributed by atoms with Crippen LogP contribution in [0.3, 0.4) is 0 Å². The van der Waals surface area contributed by atoms with E-state index in [0.717, 1.165) is 12.8 Å². The van der Waals surface area contributed by atoms with E-state index in [1.54, 1.807) is 14.0 Å². The Hall–Kier alpha value is -1.01. The van der Waals surface area contributed by atoms with Gasteiger partial charge in [-0.2, -0.15) is 0 Å². The second-order valence-corrected chi connectivity index (χ2v) is 6.68. The second-order valence-electron chi connectivity index (χ2n) is 4.11. The largest absolute Gasteiger partial charge is 0.458 e. The minimum absolute atomic E-state index is 0.109. The molecule has 5 nitrogen and oxygen atoms in total. The molecule has 0 radical (unpaired) electrons. The molecule has 1 aromatic heterocycles. The van der Waals surface area contributed by atoms with Crippen LogP contribution in [-0.4, -0.2) is 25.1 Å². The fourth-order valence-electron chi connectivity index (χ4n) is 1.58. The zero-order chi connectivity index (χ0) is 13.9. The molecule has 0 aliphatic rings. The average molecular weight is 294 g/mol. The van der Waals surface area contributed by atoms with Crippen molar-refractivity contribution >= 4 is 25.7 Å². The van der Waals surface area contributed by atoms with Crippen LogP contribution in [0.25, 0.3) is 0 Å². The number of nitrogens with zero attached hydrogens (tertiary/aromatic N) is 1. The first-order valence-corrected chi connectivity index (χ1v) is 7.88. The average Bonchev–Trinajstić information content (AvgIpc) is 2.60. The van der Waals surface area contributed by atoms with Gasteiger partial charge in [0, 0.05) is 23.9 Å². The molecular formula is C11H16ClNO4S. The smallest absolute Gasteiger partial charge is 0.355 e. The first-order valence-electron chi connectivity index (χ1n) is 5.57. The summed E-state index contributed by atoms with van der Waals surface area (Å²) < 4.78 is 28.9. The van der Waals surface area contributed by atoms with Gasteiger partial charge in [0.05, 0.1) is 6.10 Å². The number of aryl methyl sites for hydroxylation is 1. The van der Waals surface area contributed by atoms with Gasteiger partial charge >= 0.3 is 5.97 Å². The molecule has 1 rings (SSSR count). The molecule has 18 heavy (non-hydrogen) atoms. The van der Waals surface area contributed by atoms with E-state index in [-0.39, 0.29) is 16.7 Å². The van der Waals surface area contributed by atoms with Crippen molar-refractivity contribution in [3.05, 3.63) is 18.0 Å². The standard InChI is InChI=1S/C11H16ClNO4S/c1-4-5-8(2)17-11(14)10-6-9(7-13(10)3)18(12,15)16/h6-8H,4-5H2,1-3H3. The Kier molecular flexibility index (Phi) is 4.81. The summed E-state index contributed by atoms with van der Waals surface area (Å²) in [7, 11) is 2.94. The molecule has 102 valence electrons. The van der Waals surface area contributed by atoms with Crippen molar-refractivity contribution in [1.29, 1.82) is 0 Å². The van der Waals surface area contributed by atoms with Crippen molar-refractivity contribution in [3.63, 3.8) is 0 Å². The zero-order valence-electron chi connectivity index (χ0n) is 10.5. The molecule has 1 atom stereocenters. The third-order valence-corrected chi connectivity index (χ3v) is 3.79. The number of halogens is 1. The van der Waals surface area contributed by atoms with Gasteiger partial charge in [0.1, 0.15) is 10.6 Å². The zero-order valence-corrected chi connectivity index (χ0v) is 12.1. The van der Waals surface area contributed by atoms with Gasteiger partial charge in [0.15, 0.2) is 0 Å². The minimum Gasteiger partial charge on any atom is -0.458 e. The van der Waals surface area contributed by atoms with E-state index in [9.17, 15) is 13.2 Å². The van der Waals surface area contributed by atoms with E-state index in [4.69, 9.17) is 15.4 Å². The molecule has 1 aromatic rings. The van der Waals surface area contributed by atoms with Gasteiger partial charge in [0.2, 0.25) is 0 Å². The highest BCUT2D eigenvalue weighted by atomic mass is 35.7. The van der Waals surface area contributed by atoms with E-state index in [0.29, 0.717) is 0 Å². The Morgan fingerprint density at radius 1 is 1.56 bits per heavy atom. The monoisotopic (exact) mass is 293 g/mol. The van der Waals surface area contributed by atoms with Crippen molar-refractivity contribution < 1.29 is 17.9 Å². The fourth-order valence-corrected chi connectivity index (χ4v) is 2.37. The summed E-state index contributed by atoms with van der Waals surface area (Å²) >= 11 is 0. The quantitative estimate of drug-likeness (QED) is 0.617. The lowest BCUT2D eigenvalue weighted by atomic mass is 10.2. The lowest BCUT2D eigenvalue weighted by Crippen LogP contribution is -2.16. The predicted octanol–water partition coefficient (Wildman–Crippen LogP) is 2.30. The van der Waals surface area contributed by atoms with Crippen LogP contribution in [0.5, 0.6) is 0 Å². The SMILES string of the molecule is CCCC(C)OC(=O)c1cc(S(=O)(=O)Cl)cn1C. The van der Waals surface area contributed by atoms with Crippen LogP contribution >= 0.6 is 10.7 Å². The molecule has 1 heterocycles. The van der Waals surface area contributed by atoms with Gasteiger partial charge in [-0.3, -0.25) is 0 Å². The molecule has 7 heteroatoms. The lowest BCUT2D eigenvalue weighted by molar-refractivity contribution is 0.0312. The van der Waals surface area contributed by atoms with Crippen LogP contribution in [0.15, 0.2) is 17.2 Å². The highest BCUT2D eigenvalue weighted by molar-refractivity contribution is 8.13. The number of ether oxygens (including phenoxy) is 1. The van der Waals surface area contributed by atoms with E-state index >= 15 is 0 Å². The Bertz CT molecular complexity index is 535. The van der Waals surface area contributed by atoms with Crippen molar-refractivity contribution in [3.8, 4) is 0 Å². The summed E-state index contributed by atoms with van der Waals surface area (Å²) in [6.45, 7) is 3.79. The number of hydrogen-bond acceptors (Lipinski definition) is 4. The number of rotatable bonds is 5. The van der Waals surface area contributed by atoms with Crippen molar-refractivity contribution in [1.82, 2.24) is 4.57 Å². The topological polar surface area (TPSA) is 65.4 Å². The summed E-state index contributed by atoms with van der Waals surface area (Å²) in [6, 6.07) is 1.21. The Morgan fingerprint density at radius 2 is 2.17 bits per heavy atom. The molecule has 1 unspecified atom stereocenters. The van der Waals surface area contributed by atoms with Crippen LogP contribution < -0.4 is 0 Å². The highest BCUT2D eigenvalue weighted by Gasteiger charge is 2.20. The van der Waals surface area contributed by atoms with Crippen LogP contribution in [0.1, 0.15) is 37.2 Å². The summed E-state index contributed by atoms with van der Waals surface area (Å²) in [5, 5.41) is 0. The molecule has 0 aliphatic heterocycles. The molecular weight excluding hydrogens is 278 g/mol. The van der Waals surface area contributed by atoms with Gasteiger partial charge < -0.3 is 9.30 Å². The first kappa shape index (κ1) is 15.0. The fraction of sp³-hybridized carbons (Fsp3) is 0.545. The van der Waals surface area contributed by atoms with E-state index in [1.807, 2.05) is 6.92 Å². The van der Waals surface area contributed by atoms with Gasteiger partial charge in [-0.25, -0.2) is 13.2 Å². The van der Waals surface area contributed by atoms with Crippen LogP contribution in [0.2, 0.25) is 0 Å². The molecule has 0 spiro atoms. The lowest BCUT2D eigenvalue weighted by Gasteiger charge is -2.12. The Labute approximate surface area is 111 Å². The summed E-state index contributed by atoms with van der Waals surface area (Å²) in [6.07, 6.45) is 2.75. The molecule has 0 amide bonds. The molecule has 0 bridgehead atoms. The Morgan fingerprint density at radius 3 is 2.61 bits per heavy atom. The maximum Gasteiger partial charge on any atom is 0.355 e. The first-order chi connectivity index (χ1) is 8.25. The molecule has 0 aromatic carbocycles. The number of esters is 1. The second kappa shape index (κ2) is 5.75. The number of carbonyl (C=O) groups excluding carboxylic acids is 1. The summed E-state index contributed by atoms with van der Waals surface area (Å²) in [4.78, 5) is 11.7. The van der Waals surface area contributed by atoms with Crippen LogP contribution in [0.4, 0.5) is 0 Å². The number of carbonyl (C=O) groups is 1. The highest BCUT2D eigenvalue weighted by Crippen LogP contribution is 2.19. The molecule has 0 saturated carbocycles. The maximum atomic E-state index is 11.8. The number of aromatic nitrogens is 1. The van der Waals surface area contributed by atoms with E-state index < -0.39 is 15.0 Å². The van der Waals surface area contributed by atoms with E-state index in [2.05, 4.69) is 0 Å². The third-order valence-electron chi connectivity index (χ3n) is 2.47. The van der Waals surface area contributed by atoms with Crippen molar-refractivity contribution in [2.45, 2.75) is 37.7 Å². The van der Waals surface area contributed by atoms with Crippen LogP contribution in [0, 0.1) is 0 Å². The molecule has 0 fully saturated rings. The third kappa shape index (κ3) is 3.74. The maximum absolute atomic E-state index is 11.8. The summed E-state index contributed by atoms with van der Waals surface area (Å²) in [5.74, 6) is -0.551. The van der Waals surface area contributed by atoms with E-state index in [1.165, 1.54) is 16.8 Å². The predicted molar refractivity (Wildman–Crippen MR) is 68.2 cm³/mol. The van der Waals surface area contributed by atoms with Gasteiger partial charge in [-0.05, 0) is 19.4 Å². The van der Waals surface area contributed by atoms with Gasteiger partial charge in [0.25, 0.3) is 9.05 Å². The Balaban J connectivity index is 2.91. The number of hydrogen-bond donors (Lipinski definition) is 0. The minimum atomic E-state index is -3.83. The molecule has 0 aliphatic carbocycles. The van der Waals surface area contributed by atoms with Crippen molar-refractivity contribution in [2.24, 2.45) is 7.05 Å². The molecule has 0 saturated heterocycles. The summed E-state index contributed by atoms with van der Waals surface area (Å²) in [5.41, 5.74) is 0.164. The normalized spacial score (nSPS) is 13.3. The van der Waals surface area contributed by atoms with Gasteiger partial charge in [-0.15, -0.1) is 0 Å². The van der Waals surface area contributed by atoms with Crippen LogP contribution in [-0.2, 0) is 20.8 Å². The van der Waals surface area contributed by atoms with Crippen molar-refractivity contribution in [2.75, 3.05) is 0 Å².